The molecule has 1 N–H and O–H groups in total. The van der Waals surface area contributed by atoms with E-state index in [9.17, 15) is 19.5 Å². The number of ketones is 1. The Morgan fingerprint density at radius 3 is 2.49 bits per heavy atom. The van der Waals surface area contributed by atoms with Gasteiger partial charge in [-0.2, -0.15) is 5.26 Å². The number of ether oxygens (including phenoxy) is 2. The Morgan fingerprint density at radius 2 is 1.84 bits per heavy atom. The highest BCUT2D eigenvalue weighted by Crippen LogP contribution is 2.43. The van der Waals surface area contributed by atoms with Crippen molar-refractivity contribution in [2.24, 2.45) is 0 Å². The molecular weight excluding hydrogens is 496 g/mol. The van der Waals surface area contributed by atoms with E-state index in [1.807, 2.05) is 6.07 Å². The molecule has 1 unspecified atom stereocenters. The maximum absolute atomic E-state index is 13.3. The van der Waals surface area contributed by atoms with Crippen molar-refractivity contribution in [3.05, 3.63) is 94.0 Å². The third kappa shape index (κ3) is 5.03. The van der Waals surface area contributed by atoms with E-state index < -0.39 is 29.5 Å². The Morgan fingerprint density at radius 1 is 1.11 bits per heavy atom. The third-order valence-corrected chi connectivity index (χ3v) is 5.97. The monoisotopic (exact) mass is 516 g/mol. The Hall–Kier alpha value is -4.61. The summed E-state index contributed by atoms with van der Waals surface area (Å²) in [6.45, 7) is 3.37. The van der Waals surface area contributed by atoms with E-state index in [2.05, 4.69) is 0 Å². The molecular formula is C28H21ClN2O6. The first-order valence-corrected chi connectivity index (χ1v) is 11.6. The normalized spacial score (nSPS) is 16.4. The van der Waals surface area contributed by atoms with Gasteiger partial charge in [-0.25, -0.2) is 0 Å². The second-order valence-corrected chi connectivity index (χ2v) is 8.48. The zero-order valence-electron chi connectivity index (χ0n) is 19.9. The molecule has 0 saturated carbocycles. The maximum Gasteiger partial charge on any atom is 0.308 e. The zero-order valence-corrected chi connectivity index (χ0v) is 20.7. The number of hydrogen-bond acceptors (Lipinski definition) is 7. The maximum atomic E-state index is 13.3. The second-order valence-electron chi connectivity index (χ2n) is 8.07. The van der Waals surface area contributed by atoms with Crippen molar-refractivity contribution in [3.63, 3.8) is 0 Å². The smallest absolute Gasteiger partial charge is 0.308 e. The average Bonchev–Trinajstić information content (AvgIpc) is 3.15. The summed E-state index contributed by atoms with van der Waals surface area (Å²) in [5.41, 5.74) is 1.20. The summed E-state index contributed by atoms with van der Waals surface area (Å²) in [6.07, 6.45) is 0. The van der Waals surface area contributed by atoms with E-state index in [0.717, 1.165) is 0 Å². The quantitative estimate of drug-likeness (QED) is 0.158. The van der Waals surface area contributed by atoms with Crippen LogP contribution in [0.3, 0.4) is 0 Å². The number of amides is 1. The van der Waals surface area contributed by atoms with Crippen LogP contribution in [0.25, 0.3) is 5.76 Å². The van der Waals surface area contributed by atoms with Crippen molar-refractivity contribution in [2.45, 2.75) is 19.9 Å². The van der Waals surface area contributed by atoms with Crippen molar-refractivity contribution >= 4 is 40.7 Å². The van der Waals surface area contributed by atoms with Crippen molar-refractivity contribution < 1.29 is 29.0 Å². The van der Waals surface area contributed by atoms with Gasteiger partial charge in [-0.1, -0.05) is 23.7 Å². The summed E-state index contributed by atoms with van der Waals surface area (Å²) in [6, 6.07) is 18.0. The molecule has 3 aromatic carbocycles. The predicted molar refractivity (Wildman–Crippen MR) is 136 cm³/mol. The lowest BCUT2D eigenvalue weighted by molar-refractivity contribution is -0.132. The molecule has 186 valence electrons. The van der Waals surface area contributed by atoms with E-state index in [1.165, 1.54) is 48.2 Å². The molecule has 1 heterocycles. The topological polar surface area (TPSA) is 117 Å². The van der Waals surface area contributed by atoms with Crippen LogP contribution < -0.4 is 14.4 Å². The molecule has 0 spiro atoms. The van der Waals surface area contributed by atoms with Gasteiger partial charge in [0.05, 0.1) is 34.9 Å². The molecule has 0 radical (unpaired) electrons. The van der Waals surface area contributed by atoms with Crippen LogP contribution in [0.5, 0.6) is 11.5 Å². The van der Waals surface area contributed by atoms with Crippen LogP contribution in [0.4, 0.5) is 5.69 Å². The molecule has 1 saturated heterocycles. The molecule has 4 rings (SSSR count). The lowest BCUT2D eigenvalue weighted by atomic mass is 9.95. The molecule has 1 aliphatic heterocycles. The molecule has 1 atom stereocenters. The van der Waals surface area contributed by atoms with Crippen molar-refractivity contribution in [2.75, 3.05) is 11.5 Å². The van der Waals surface area contributed by atoms with Crippen LogP contribution in [-0.2, 0) is 14.4 Å². The summed E-state index contributed by atoms with van der Waals surface area (Å²) >= 11 is 6.19. The van der Waals surface area contributed by atoms with Crippen LogP contribution in [0, 0.1) is 11.3 Å². The molecule has 1 fully saturated rings. The number of esters is 1. The largest absolute Gasteiger partial charge is 0.507 e. The Bertz CT molecular complexity index is 1470. The van der Waals surface area contributed by atoms with Crippen molar-refractivity contribution in [3.8, 4) is 17.6 Å². The number of rotatable bonds is 6. The molecule has 1 aliphatic rings. The molecule has 1 amide bonds. The minimum Gasteiger partial charge on any atom is -0.507 e. The number of hydrogen-bond donors (Lipinski definition) is 1. The van der Waals surface area contributed by atoms with Gasteiger partial charge >= 0.3 is 5.97 Å². The first-order valence-electron chi connectivity index (χ1n) is 11.3. The zero-order chi connectivity index (χ0) is 26.7. The minimum atomic E-state index is -1.06. The highest BCUT2D eigenvalue weighted by atomic mass is 35.5. The summed E-state index contributed by atoms with van der Waals surface area (Å²) in [5, 5.41) is 20.8. The van der Waals surface area contributed by atoms with Crippen molar-refractivity contribution in [1.82, 2.24) is 0 Å². The Kier molecular flexibility index (Phi) is 7.27. The van der Waals surface area contributed by atoms with Gasteiger partial charge in [0.15, 0.2) is 0 Å². The SMILES string of the molecule is CCOc1cc(/C(O)=C2/C(=O)C(=O)N(c3ccc(C#N)cc3)C2c2cccc(OC(C)=O)c2)ccc1Cl. The first-order chi connectivity index (χ1) is 17.7. The van der Waals surface area contributed by atoms with Gasteiger partial charge in [-0.3, -0.25) is 19.3 Å². The molecule has 0 aliphatic carbocycles. The van der Waals surface area contributed by atoms with Gasteiger partial charge in [0, 0.05) is 18.2 Å². The Labute approximate surface area is 217 Å². The van der Waals surface area contributed by atoms with Crippen molar-refractivity contribution in [1.29, 1.82) is 5.26 Å². The van der Waals surface area contributed by atoms with Crippen LogP contribution in [0.2, 0.25) is 5.02 Å². The Balaban J connectivity index is 1.93. The van der Waals surface area contributed by atoms with Crippen LogP contribution in [0.1, 0.15) is 36.6 Å². The van der Waals surface area contributed by atoms with Gasteiger partial charge in [-0.05, 0) is 67.1 Å². The van der Waals surface area contributed by atoms with Gasteiger partial charge in [-0.15, -0.1) is 0 Å². The van der Waals surface area contributed by atoms with Gasteiger partial charge < -0.3 is 14.6 Å². The fraction of sp³-hybridized carbons (Fsp3) is 0.143. The lowest BCUT2D eigenvalue weighted by Crippen LogP contribution is -2.29. The molecule has 37 heavy (non-hydrogen) atoms. The summed E-state index contributed by atoms with van der Waals surface area (Å²) in [7, 11) is 0. The fourth-order valence-corrected chi connectivity index (χ4v) is 4.27. The van der Waals surface area contributed by atoms with Gasteiger partial charge in [0.2, 0.25) is 0 Å². The molecule has 9 heteroatoms. The predicted octanol–water partition coefficient (Wildman–Crippen LogP) is 5.16. The first kappa shape index (κ1) is 25.5. The molecule has 8 nitrogen and oxygen atoms in total. The molecule has 0 aromatic heterocycles. The van der Waals surface area contributed by atoms with Gasteiger partial charge in [0.1, 0.15) is 17.3 Å². The van der Waals surface area contributed by atoms with E-state index in [0.29, 0.717) is 34.2 Å². The van der Waals surface area contributed by atoms with E-state index >= 15 is 0 Å². The van der Waals surface area contributed by atoms with E-state index in [4.69, 9.17) is 26.3 Å². The number of carbonyl (C=O) groups is 3. The number of benzene rings is 3. The summed E-state index contributed by atoms with van der Waals surface area (Å²) < 4.78 is 10.7. The fourth-order valence-electron chi connectivity index (χ4n) is 4.10. The second kappa shape index (κ2) is 10.6. The summed E-state index contributed by atoms with van der Waals surface area (Å²) in [5.74, 6) is -2.22. The number of nitrogens with zero attached hydrogens (tertiary/aromatic N) is 2. The number of carbonyl (C=O) groups excluding carboxylic acids is 3. The minimum absolute atomic E-state index is 0.167. The van der Waals surface area contributed by atoms with Crippen LogP contribution >= 0.6 is 11.6 Å². The summed E-state index contributed by atoms with van der Waals surface area (Å²) in [4.78, 5) is 39.4. The average molecular weight is 517 g/mol. The number of anilines is 1. The third-order valence-electron chi connectivity index (χ3n) is 5.66. The number of nitriles is 1. The standard InChI is InChI=1S/C28H21ClN2O6/c1-3-36-23-14-19(9-12-22(23)29)26(33)24-25(18-5-4-6-21(13-18)37-16(2)32)31(28(35)27(24)34)20-10-7-17(15-30)8-11-20/h4-14,25,33H,3H2,1-2H3/b26-24-. The van der Waals surface area contributed by atoms with E-state index in [-0.39, 0.29) is 16.9 Å². The van der Waals surface area contributed by atoms with Gasteiger partial charge in [0.25, 0.3) is 11.7 Å². The molecule has 0 bridgehead atoms. The number of aliphatic hydroxyl groups is 1. The van der Waals surface area contributed by atoms with E-state index in [1.54, 1.807) is 37.3 Å². The van der Waals surface area contributed by atoms with Crippen LogP contribution in [-0.4, -0.2) is 29.4 Å². The highest BCUT2D eigenvalue weighted by Gasteiger charge is 2.47. The molecule has 3 aromatic rings. The number of Topliss-reactive ketones (excluding diaryl/α,β-unsaturated/α-hetero) is 1. The van der Waals surface area contributed by atoms with Crippen LogP contribution in [0.15, 0.2) is 72.3 Å². The lowest BCUT2D eigenvalue weighted by Gasteiger charge is -2.25. The highest BCUT2D eigenvalue weighted by molar-refractivity contribution is 6.51. The number of aliphatic hydroxyl groups excluding tert-OH is 1. The number of halogens is 1.